The van der Waals surface area contributed by atoms with Gasteiger partial charge in [0.1, 0.15) is 24.1 Å². The summed E-state index contributed by atoms with van der Waals surface area (Å²) in [5.74, 6) is -0.169. The summed E-state index contributed by atoms with van der Waals surface area (Å²) in [5.41, 5.74) is 7.30. The highest BCUT2D eigenvalue weighted by molar-refractivity contribution is 6.23. The number of nitrogens with one attached hydrogen (secondary N) is 1. The lowest BCUT2D eigenvalue weighted by molar-refractivity contribution is -0.136. The van der Waals surface area contributed by atoms with Crippen LogP contribution in [0.15, 0.2) is 97.1 Å². The number of rotatable bonds is 12. The molecule has 11 heteroatoms. The Bertz CT molecular complexity index is 2170. The van der Waals surface area contributed by atoms with Gasteiger partial charge < -0.3 is 14.7 Å². The molecule has 4 aliphatic rings. The van der Waals surface area contributed by atoms with Crippen LogP contribution in [0.2, 0.25) is 0 Å². The molecule has 4 heterocycles. The first-order chi connectivity index (χ1) is 28.2. The third-order valence-corrected chi connectivity index (χ3v) is 12.1. The molecule has 0 bridgehead atoms. The number of aromatic hydroxyl groups is 1. The minimum absolute atomic E-state index is 0.101. The van der Waals surface area contributed by atoms with Crippen molar-refractivity contribution < 1.29 is 29.0 Å². The average molecular weight is 782 g/mol. The first-order valence-corrected chi connectivity index (χ1v) is 20.6. The highest BCUT2D eigenvalue weighted by Crippen LogP contribution is 2.36. The van der Waals surface area contributed by atoms with E-state index in [0.717, 1.165) is 105 Å². The standard InChI is InChI=1S/C47H51N5O6/c1-2-39(33-6-4-3-5-7-33)44(34-8-13-37(53)14-9-34)35-10-15-38(16-11-35)58-29-28-49-22-20-32(21-23-49)31-50-24-26-51(27-25-50)36-12-17-40-41(30-36)47(57)52(46(40)56)42-18-19-43(54)48-45(42)55/h3-17,30,32,42,53H,2,18-29,31H2,1H3,(H,48,54,55)/b44-39-. The predicted molar refractivity (Wildman–Crippen MR) is 224 cm³/mol. The molecule has 1 unspecified atom stereocenters. The van der Waals surface area contributed by atoms with Gasteiger partial charge in [0.05, 0.1) is 11.1 Å². The van der Waals surface area contributed by atoms with Crippen LogP contribution >= 0.6 is 0 Å². The normalized spacial score (nSPS) is 19.9. The van der Waals surface area contributed by atoms with Crippen LogP contribution < -0.4 is 15.0 Å². The summed E-state index contributed by atoms with van der Waals surface area (Å²) >= 11 is 0. The molecule has 3 saturated heterocycles. The monoisotopic (exact) mass is 781 g/mol. The maximum Gasteiger partial charge on any atom is 0.262 e. The highest BCUT2D eigenvalue weighted by atomic mass is 16.5. The van der Waals surface area contributed by atoms with Crippen LogP contribution in [-0.4, -0.2) is 108 Å². The highest BCUT2D eigenvalue weighted by Gasteiger charge is 2.45. The molecule has 4 aromatic rings. The molecule has 2 N–H and O–H groups in total. The Morgan fingerprint density at radius 2 is 1.40 bits per heavy atom. The molecular weight excluding hydrogens is 731 g/mol. The van der Waals surface area contributed by atoms with Gasteiger partial charge in [-0.1, -0.05) is 61.5 Å². The number of ether oxygens (including phenoxy) is 1. The van der Waals surface area contributed by atoms with E-state index in [1.165, 1.54) is 11.1 Å². The number of phenolic OH excluding ortho intramolecular Hbond substituents is 1. The van der Waals surface area contributed by atoms with Crippen molar-refractivity contribution in [2.24, 2.45) is 5.92 Å². The van der Waals surface area contributed by atoms with Crippen molar-refractivity contribution in [3.8, 4) is 11.5 Å². The number of likely N-dealkylation sites (tertiary alicyclic amines) is 1. The van der Waals surface area contributed by atoms with E-state index < -0.39 is 23.8 Å². The van der Waals surface area contributed by atoms with Crippen molar-refractivity contribution in [1.82, 2.24) is 20.0 Å². The largest absolute Gasteiger partial charge is 0.508 e. The molecule has 4 amide bonds. The number of carbonyl (C=O) groups is 4. The number of benzene rings is 4. The molecule has 8 rings (SSSR count). The Morgan fingerprint density at radius 1 is 0.724 bits per heavy atom. The van der Waals surface area contributed by atoms with Crippen LogP contribution in [0.4, 0.5) is 5.69 Å². The van der Waals surface area contributed by atoms with E-state index in [0.29, 0.717) is 23.7 Å². The van der Waals surface area contributed by atoms with Gasteiger partial charge in [-0.25, -0.2) is 0 Å². The average Bonchev–Trinajstić information content (AvgIpc) is 3.49. The number of nitrogens with zero attached hydrogens (tertiary/aromatic N) is 4. The Labute approximate surface area is 339 Å². The topological polar surface area (TPSA) is 123 Å². The third kappa shape index (κ3) is 8.42. The van der Waals surface area contributed by atoms with Crippen molar-refractivity contribution in [2.45, 2.75) is 45.1 Å². The smallest absolute Gasteiger partial charge is 0.262 e. The second-order valence-electron chi connectivity index (χ2n) is 15.7. The fourth-order valence-corrected chi connectivity index (χ4v) is 8.92. The summed E-state index contributed by atoms with van der Waals surface area (Å²) in [4.78, 5) is 58.8. The van der Waals surface area contributed by atoms with E-state index in [2.05, 4.69) is 75.5 Å². The van der Waals surface area contributed by atoms with E-state index in [4.69, 9.17) is 4.74 Å². The van der Waals surface area contributed by atoms with Gasteiger partial charge in [-0.15, -0.1) is 0 Å². The fraction of sp³-hybridized carbons (Fsp3) is 0.362. The lowest BCUT2D eigenvalue weighted by atomic mass is 9.88. The number of amides is 4. The van der Waals surface area contributed by atoms with Crippen molar-refractivity contribution in [1.29, 1.82) is 0 Å². The number of hydrogen-bond donors (Lipinski definition) is 2. The van der Waals surface area contributed by atoms with Crippen molar-refractivity contribution in [3.63, 3.8) is 0 Å². The molecule has 1 atom stereocenters. The van der Waals surface area contributed by atoms with Crippen LogP contribution in [-0.2, 0) is 9.59 Å². The minimum atomic E-state index is -0.961. The molecule has 11 nitrogen and oxygen atoms in total. The quantitative estimate of drug-likeness (QED) is 0.130. The van der Waals surface area contributed by atoms with Gasteiger partial charge in [0, 0.05) is 51.4 Å². The number of phenols is 1. The molecule has 4 aromatic carbocycles. The Balaban J connectivity index is 0.787. The number of piperazine rings is 1. The predicted octanol–water partition coefficient (Wildman–Crippen LogP) is 6.08. The molecule has 0 spiro atoms. The first-order valence-electron chi connectivity index (χ1n) is 20.6. The molecule has 0 aromatic heterocycles. The molecule has 3 fully saturated rings. The van der Waals surface area contributed by atoms with Gasteiger partial charge >= 0.3 is 0 Å². The van der Waals surface area contributed by atoms with Gasteiger partial charge in [0.25, 0.3) is 11.8 Å². The molecule has 0 saturated carbocycles. The summed E-state index contributed by atoms with van der Waals surface area (Å²) in [6.07, 6.45) is 3.44. The molecule has 4 aliphatic heterocycles. The first kappa shape index (κ1) is 39.1. The van der Waals surface area contributed by atoms with Gasteiger partial charge in [-0.3, -0.25) is 39.2 Å². The minimum Gasteiger partial charge on any atom is -0.508 e. The third-order valence-electron chi connectivity index (χ3n) is 12.1. The summed E-state index contributed by atoms with van der Waals surface area (Å²) in [7, 11) is 0. The number of piperidine rings is 2. The second kappa shape index (κ2) is 17.4. The number of hydrogen-bond acceptors (Lipinski definition) is 9. The van der Waals surface area contributed by atoms with Crippen LogP contribution in [0.5, 0.6) is 11.5 Å². The van der Waals surface area contributed by atoms with Gasteiger partial charge in [-0.2, -0.15) is 0 Å². The number of anilines is 1. The Morgan fingerprint density at radius 3 is 2.07 bits per heavy atom. The van der Waals surface area contributed by atoms with Gasteiger partial charge in [-0.05, 0) is 115 Å². The number of imide groups is 2. The molecule has 0 aliphatic carbocycles. The van der Waals surface area contributed by atoms with Gasteiger partial charge in [0.15, 0.2) is 0 Å². The summed E-state index contributed by atoms with van der Waals surface area (Å²) in [5, 5.41) is 12.2. The summed E-state index contributed by atoms with van der Waals surface area (Å²) in [6, 6.07) is 30.7. The fourth-order valence-electron chi connectivity index (χ4n) is 8.92. The SMILES string of the molecule is CC/C(=C(\c1ccc(O)cc1)c1ccc(OCCN2CCC(CN3CCN(c4ccc5c(c4)C(=O)N(C4CCC(=O)NC4=O)C5=O)CC3)CC2)cc1)c1ccccc1. The van der Waals surface area contributed by atoms with Crippen LogP contribution in [0.25, 0.3) is 11.1 Å². The van der Waals surface area contributed by atoms with Crippen molar-refractivity contribution in [3.05, 3.63) is 125 Å². The lowest BCUT2D eigenvalue weighted by Gasteiger charge is -2.39. The lowest BCUT2D eigenvalue weighted by Crippen LogP contribution is -2.54. The summed E-state index contributed by atoms with van der Waals surface area (Å²) < 4.78 is 6.24. The number of carbonyl (C=O) groups excluding carboxylic acids is 4. The zero-order valence-corrected chi connectivity index (χ0v) is 33.1. The molecule has 58 heavy (non-hydrogen) atoms. The Hall–Kier alpha value is -5.78. The van der Waals surface area contributed by atoms with E-state index in [-0.39, 0.29) is 24.5 Å². The van der Waals surface area contributed by atoms with Crippen molar-refractivity contribution in [2.75, 3.05) is 63.9 Å². The van der Waals surface area contributed by atoms with Crippen molar-refractivity contribution >= 4 is 40.5 Å². The van der Waals surface area contributed by atoms with E-state index in [1.807, 2.05) is 24.3 Å². The molecular formula is C47H51N5O6. The maximum atomic E-state index is 13.3. The van der Waals surface area contributed by atoms with E-state index >= 15 is 0 Å². The number of allylic oxidation sites excluding steroid dienone is 1. The van der Waals surface area contributed by atoms with Gasteiger partial charge in [0.2, 0.25) is 11.8 Å². The zero-order valence-electron chi connectivity index (χ0n) is 33.1. The van der Waals surface area contributed by atoms with E-state index in [9.17, 15) is 24.3 Å². The molecule has 0 radical (unpaired) electrons. The molecule has 300 valence electrons. The zero-order chi connectivity index (χ0) is 40.2. The second-order valence-corrected chi connectivity index (χ2v) is 15.7. The van der Waals surface area contributed by atoms with Crippen LogP contribution in [0.3, 0.4) is 0 Å². The Kier molecular flexibility index (Phi) is 11.7. The van der Waals surface area contributed by atoms with Crippen LogP contribution in [0.1, 0.15) is 76.4 Å². The summed E-state index contributed by atoms with van der Waals surface area (Å²) in [6.45, 7) is 10.4. The van der Waals surface area contributed by atoms with E-state index in [1.54, 1.807) is 24.3 Å². The van der Waals surface area contributed by atoms with Crippen LogP contribution in [0, 0.1) is 5.92 Å². The number of fused-ring (bicyclic) bond motifs is 1. The maximum absolute atomic E-state index is 13.3.